The molecule has 9 heteroatoms. The highest BCUT2D eigenvalue weighted by Crippen LogP contribution is 2.30. The predicted octanol–water partition coefficient (Wildman–Crippen LogP) is 1.85. The fraction of sp³-hybridized carbons (Fsp3) is 0.786. The number of hydrogen-bond acceptors (Lipinski definition) is 6. The Morgan fingerprint density at radius 1 is 0.957 bits per heavy atom. The van der Waals surface area contributed by atoms with Crippen LogP contribution in [0.2, 0.25) is 0 Å². The summed E-state index contributed by atoms with van der Waals surface area (Å²) in [4.78, 5) is 43.9. The summed E-state index contributed by atoms with van der Waals surface area (Å²) in [5, 5.41) is 28.9. The van der Waals surface area contributed by atoms with Crippen molar-refractivity contribution in [3.05, 3.63) is 10.1 Å². The van der Waals surface area contributed by atoms with E-state index in [4.69, 9.17) is 14.9 Å². The number of nitro groups is 1. The maximum atomic E-state index is 11.7. The molecular formula is C14H23NO8. The van der Waals surface area contributed by atoms with Gasteiger partial charge >= 0.3 is 17.9 Å². The van der Waals surface area contributed by atoms with Crippen molar-refractivity contribution < 1.29 is 34.3 Å². The molecule has 0 heterocycles. The molecular weight excluding hydrogens is 310 g/mol. The van der Waals surface area contributed by atoms with Gasteiger partial charge in [-0.1, -0.05) is 0 Å². The fourth-order valence-electron chi connectivity index (χ4n) is 2.06. The van der Waals surface area contributed by atoms with Gasteiger partial charge in [0.15, 0.2) is 0 Å². The van der Waals surface area contributed by atoms with Crippen molar-refractivity contribution in [2.75, 3.05) is 0 Å². The van der Waals surface area contributed by atoms with Gasteiger partial charge in [0.25, 0.3) is 0 Å². The highest BCUT2D eigenvalue weighted by Gasteiger charge is 2.43. The Morgan fingerprint density at radius 2 is 1.35 bits per heavy atom. The molecule has 0 saturated carbocycles. The average molecular weight is 333 g/mol. The molecule has 0 aliphatic carbocycles. The first kappa shape index (κ1) is 20.8. The van der Waals surface area contributed by atoms with Gasteiger partial charge in [-0.3, -0.25) is 24.5 Å². The van der Waals surface area contributed by atoms with E-state index < -0.39 is 46.8 Å². The van der Waals surface area contributed by atoms with Crippen molar-refractivity contribution in [1.82, 2.24) is 0 Å². The van der Waals surface area contributed by atoms with E-state index in [2.05, 4.69) is 0 Å². The van der Waals surface area contributed by atoms with E-state index in [0.717, 1.165) is 0 Å². The zero-order chi connectivity index (χ0) is 18.3. The zero-order valence-corrected chi connectivity index (χ0v) is 13.5. The van der Waals surface area contributed by atoms with Crippen LogP contribution in [0.15, 0.2) is 0 Å². The van der Waals surface area contributed by atoms with Gasteiger partial charge in [0.1, 0.15) is 5.60 Å². The van der Waals surface area contributed by atoms with Gasteiger partial charge in [-0.2, -0.15) is 0 Å². The molecule has 0 saturated heterocycles. The lowest BCUT2D eigenvalue weighted by Crippen LogP contribution is -2.40. The number of carboxylic acids is 2. The van der Waals surface area contributed by atoms with E-state index in [1.54, 1.807) is 20.8 Å². The summed E-state index contributed by atoms with van der Waals surface area (Å²) in [6.07, 6.45) is -2.19. The van der Waals surface area contributed by atoms with Crippen LogP contribution in [0.3, 0.4) is 0 Å². The van der Waals surface area contributed by atoms with Crippen molar-refractivity contribution in [3.8, 4) is 0 Å². The van der Waals surface area contributed by atoms with E-state index in [-0.39, 0.29) is 25.7 Å². The summed E-state index contributed by atoms with van der Waals surface area (Å²) in [6.45, 7) is 4.96. The van der Waals surface area contributed by atoms with Crippen LogP contribution < -0.4 is 0 Å². The number of carbonyl (C=O) groups excluding carboxylic acids is 1. The van der Waals surface area contributed by atoms with Crippen LogP contribution in [0, 0.1) is 10.1 Å². The van der Waals surface area contributed by atoms with Gasteiger partial charge in [-0.15, -0.1) is 0 Å². The minimum atomic E-state index is -1.77. The van der Waals surface area contributed by atoms with Gasteiger partial charge in [-0.25, -0.2) is 0 Å². The number of aliphatic carboxylic acids is 2. The third kappa shape index (κ3) is 8.74. The van der Waals surface area contributed by atoms with Gasteiger partial charge in [0, 0.05) is 24.2 Å². The van der Waals surface area contributed by atoms with Gasteiger partial charge < -0.3 is 14.9 Å². The van der Waals surface area contributed by atoms with E-state index in [1.165, 1.54) is 0 Å². The van der Waals surface area contributed by atoms with Crippen molar-refractivity contribution >= 4 is 17.9 Å². The monoisotopic (exact) mass is 333 g/mol. The molecule has 0 fully saturated rings. The fourth-order valence-corrected chi connectivity index (χ4v) is 2.06. The molecule has 23 heavy (non-hydrogen) atoms. The summed E-state index contributed by atoms with van der Waals surface area (Å²) in [7, 11) is 0. The number of ether oxygens (including phenoxy) is 1. The second kappa shape index (κ2) is 8.44. The van der Waals surface area contributed by atoms with Crippen molar-refractivity contribution in [1.29, 1.82) is 0 Å². The Kier molecular flexibility index (Phi) is 7.64. The van der Waals surface area contributed by atoms with Crippen molar-refractivity contribution in [2.45, 2.75) is 70.4 Å². The Morgan fingerprint density at radius 3 is 1.65 bits per heavy atom. The first-order chi connectivity index (χ1) is 10.4. The first-order valence-corrected chi connectivity index (χ1v) is 7.18. The quantitative estimate of drug-likeness (QED) is 0.350. The molecule has 0 amide bonds. The number of rotatable bonds is 10. The Balaban J connectivity index is 5.06. The molecule has 0 aliphatic rings. The Bertz CT molecular complexity index is 448. The molecule has 9 nitrogen and oxygen atoms in total. The van der Waals surface area contributed by atoms with E-state index in [1.807, 2.05) is 0 Å². The van der Waals surface area contributed by atoms with Crippen LogP contribution in [0.25, 0.3) is 0 Å². The zero-order valence-electron chi connectivity index (χ0n) is 13.5. The van der Waals surface area contributed by atoms with Crippen LogP contribution >= 0.6 is 0 Å². The summed E-state index contributed by atoms with van der Waals surface area (Å²) < 4.78 is 5.07. The summed E-state index contributed by atoms with van der Waals surface area (Å²) in [5.41, 5.74) is -2.51. The Hall–Kier alpha value is -2.19. The van der Waals surface area contributed by atoms with Crippen LogP contribution in [-0.4, -0.2) is 44.2 Å². The molecule has 2 N–H and O–H groups in total. The number of carbonyl (C=O) groups is 3. The summed E-state index contributed by atoms with van der Waals surface area (Å²) in [6, 6.07) is 0. The van der Waals surface area contributed by atoms with E-state index >= 15 is 0 Å². The molecule has 0 radical (unpaired) electrons. The molecule has 0 atom stereocenters. The minimum absolute atomic E-state index is 0.268. The van der Waals surface area contributed by atoms with Crippen LogP contribution in [0.1, 0.15) is 59.3 Å². The highest BCUT2D eigenvalue weighted by atomic mass is 16.6. The minimum Gasteiger partial charge on any atom is -0.481 e. The van der Waals surface area contributed by atoms with E-state index in [9.17, 15) is 24.5 Å². The average Bonchev–Trinajstić information content (AvgIpc) is 2.35. The normalized spacial score (nSPS) is 11.8. The number of carboxylic acid groups (broad SMARTS) is 2. The third-order valence-electron chi connectivity index (χ3n) is 3.21. The first-order valence-electron chi connectivity index (χ1n) is 7.18. The summed E-state index contributed by atoms with van der Waals surface area (Å²) in [5.74, 6) is -3.08. The summed E-state index contributed by atoms with van der Waals surface area (Å²) >= 11 is 0. The maximum Gasteiger partial charge on any atom is 0.306 e. The molecule has 0 aromatic carbocycles. The lowest BCUT2D eigenvalue weighted by molar-refractivity contribution is -0.573. The van der Waals surface area contributed by atoms with Crippen molar-refractivity contribution in [3.63, 3.8) is 0 Å². The number of esters is 1. The van der Waals surface area contributed by atoms with Crippen LogP contribution in [0.5, 0.6) is 0 Å². The topological polar surface area (TPSA) is 144 Å². The van der Waals surface area contributed by atoms with Gasteiger partial charge in [0.2, 0.25) is 5.54 Å². The molecule has 0 bridgehead atoms. The molecule has 0 aromatic rings. The van der Waals surface area contributed by atoms with Crippen LogP contribution in [0.4, 0.5) is 0 Å². The maximum absolute atomic E-state index is 11.7. The SMILES string of the molecule is CC(C)(C)OC(=O)CCC(CCC(=O)O)(CCC(=O)O)[N+](=O)[O-]. The Labute approximate surface area is 133 Å². The van der Waals surface area contributed by atoms with E-state index in [0.29, 0.717) is 0 Å². The molecule has 0 spiro atoms. The highest BCUT2D eigenvalue weighted by molar-refractivity contribution is 5.70. The third-order valence-corrected chi connectivity index (χ3v) is 3.21. The largest absolute Gasteiger partial charge is 0.481 e. The van der Waals surface area contributed by atoms with Crippen LogP contribution in [-0.2, 0) is 19.1 Å². The smallest absolute Gasteiger partial charge is 0.306 e. The molecule has 0 aliphatic heterocycles. The molecule has 0 rings (SSSR count). The van der Waals surface area contributed by atoms with Crippen molar-refractivity contribution in [2.24, 2.45) is 0 Å². The molecule has 0 aromatic heterocycles. The molecule has 132 valence electrons. The number of nitrogens with zero attached hydrogens (tertiary/aromatic N) is 1. The van der Waals surface area contributed by atoms with Gasteiger partial charge in [-0.05, 0) is 20.8 Å². The predicted molar refractivity (Wildman–Crippen MR) is 78.5 cm³/mol. The number of hydrogen-bond donors (Lipinski definition) is 2. The van der Waals surface area contributed by atoms with Gasteiger partial charge in [0.05, 0.1) is 19.3 Å². The standard InChI is InChI=1S/C14H23NO8/c1-13(2,3)23-12(20)6-9-14(15(21)22,7-4-10(16)17)8-5-11(18)19/h4-9H2,1-3H3,(H,16,17)(H,18,19). The molecule has 0 unspecified atom stereocenters. The lowest BCUT2D eigenvalue weighted by Gasteiger charge is -2.25. The lowest BCUT2D eigenvalue weighted by atomic mass is 9.84. The second-order valence-corrected chi connectivity index (χ2v) is 6.36. The second-order valence-electron chi connectivity index (χ2n) is 6.36.